The van der Waals surface area contributed by atoms with Crippen molar-refractivity contribution in [1.82, 2.24) is 4.90 Å². The van der Waals surface area contributed by atoms with Crippen molar-refractivity contribution in [3.63, 3.8) is 0 Å². The second-order valence-electron chi connectivity index (χ2n) is 8.94. The maximum atomic E-state index is 14.3. The standard InChI is InChI=1S/C20H25F2NO2/c1-19(2)13-9-23(10-14(13)19)18(24)12-5-6-15(21)16(22)17(12)25-11-20(3)7-4-8-20/h5-6,13-14H,4,7-11H2,1-3H3. The molecule has 2 atom stereocenters. The van der Waals surface area contributed by atoms with Crippen molar-refractivity contribution < 1.29 is 18.3 Å². The van der Waals surface area contributed by atoms with Crippen molar-refractivity contribution in [1.29, 1.82) is 0 Å². The van der Waals surface area contributed by atoms with Crippen LogP contribution in [0.4, 0.5) is 8.78 Å². The van der Waals surface area contributed by atoms with E-state index >= 15 is 0 Å². The largest absolute Gasteiger partial charge is 0.489 e. The van der Waals surface area contributed by atoms with Gasteiger partial charge in [-0.05, 0) is 42.2 Å². The van der Waals surface area contributed by atoms with Crippen LogP contribution in [0.3, 0.4) is 0 Å². The van der Waals surface area contributed by atoms with Gasteiger partial charge >= 0.3 is 0 Å². The Morgan fingerprint density at radius 1 is 1.20 bits per heavy atom. The van der Waals surface area contributed by atoms with Crippen LogP contribution in [0.1, 0.15) is 50.4 Å². The molecule has 0 radical (unpaired) electrons. The lowest BCUT2D eigenvalue weighted by atomic mass is 9.71. The van der Waals surface area contributed by atoms with Crippen LogP contribution in [0.5, 0.6) is 5.75 Å². The second kappa shape index (κ2) is 5.42. The maximum absolute atomic E-state index is 14.3. The SMILES string of the molecule is CC1(COc2c(C(=O)N3CC4C(C3)C4(C)C)ccc(F)c2F)CCC1. The molecule has 0 N–H and O–H groups in total. The number of hydrogen-bond acceptors (Lipinski definition) is 2. The monoisotopic (exact) mass is 349 g/mol. The third-order valence-electron chi connectivity index (χ3n) is 6.82. The van der Waals surface area contributed by atoms with E-state index in [0.29, 0.717) is 36.9 Å². The summed E-state index contributed by atoms with van der Waals surface area (Å²) in [6.07, 6.45) is 3.15. The molecule has 0 spiro atoms. The number of piperidine rings is 1. The highest BCUT2D eigenvalue weighted by atomic mass is 19.2. The lowest BCUT2D eigenvalue weighted by Crippen LogP contribution is -2.35. The lowest BCUT2D eigenvalue weighted by molar-refractivity contribution is 0.0679. The zero-order valence-corrected chi connectivity index (χ0v) is 15.1. The maximum Gasteiger partial charge on any atom is 0.257 e. The highest BCUT2D eigenvalue weighted by molar-refractivity contribution is 5.97. The van der Waals surface area contributed by atoms with Crippen molar-refractivity contribution in [3.8, 4) is 5.75 Å². The van der Waals surface area contributed by atoms with Crippen LogP contribution in [0.15, 0.2) is 12.1 Å². The van der Waals surface area contributed by atoms with Crippen molar-refractivity contribution in [2.75, 3.05) is 19.7 Å². The Labute approximate surface area is 147 Å². The minimum atomic E-state index is -1.06. The van der Waals surface area contributed by atoms with Gasteiger partial charge in [-0.1, -0.05) is 27.2 Å². The first-order valence-corrected chi connectivity index (χ1v) is 9.13. The van der Waals surface area contributed by atoms with Crippen LogP contribution in [0.2, 0.25) is 0 Å². The molecule has 3 nitrogen and oxygen atoms in total. The number of benzene rings is 1. The number of amides is 1. The Balaban J connectivity index is 1.54. The molecule has 4 rings (SSSR count). The van der Waals surface area contributed by atoms with Gasteiger partial charge in [-0.2, -0.15) is 4.39 Å². The van der Waals surface area contributed by atoms with Crippen molar-refractivity contribution in [2.24, 2.45) is 22.7 Å². The molecular formula is C20H25F2NO2. The van der Waals surface area contributed by atoms with Gasteiger partial charge in [0.1, 0.15) is 0 Å². The van der Waals surface area contributed by atoms with Crippen LogP contribution < -0.4 is 4.74 Å². The highest BCUT2D eigenvalue weighted by Gasteiger charge is 2.62. The van der Waals surface area contributed by atoms with E-state index < -0.39 is 11.6 Å². The van der Waals surface area contributed by atoms with Gasteiger partial charge in [-0.15, -0.1) is 0 Å². The molecule has 5 heteroatoms. The summed E-state index contributed by atoms with van der Waals surface area (Å²) in [7, 11) is 0. The molecule has 3 fully saturated rings. The molecule has 0 aromatic heterocycles. The summed E-state index contributed by atoms with van der Waals surface area (Å²) in [6, 6.07) is 2.37. The Morgan fingerprint density at radius 2 is 1.84 bits per heavy atom. The molecule has 1 aliphatic heterocycles. The second-order valence-corrected chi connectivity index (χ2v) is 8.94. The summed E-state index contributed by atoms with van der Waals surface area (Å²) in [4.78, 5) is 14.6. The number of ether oxygens (including phenoxy) is 1. The summed E-state index contributed by atoms with van der Waals surface area (Å²) in [6.45, 7) is 8.20. The first-order valence-electron chi connectivity index (χ1n) is 9.13. The topological polar surface area (TPSA) is 29.5 Å². The molecule has 3 aliphatic rings. The van der Waals surface area contributed by atoms with Crippen LogP contribution in [-0.2, 0) is 0 Å². The number of halogens is 2. The molecule has 1 saturated heterocycles. The summed E-state index contributed by atoms with van der Waals surface area (Å²) in [5.74, 6) is -1.48. The van der Waals surface area contributed by atoms with Gasteiger partial charge in [0.15, 0.2) is 11.6 Å². The predicted molar refractivity (Wildman–Crippen MR) is 90.5 cm³/mol. The van der Waals surface area contributed by atoms with E-state index in [0.717, 1.165) is 25.3 Å². The Morgan fingerprint density at radius 3 is 2.40 bits per heavy atom. The molecule has 2 aliphatic carbocycles. The van der Waals surface area contributed by atoms with Gasteiger partial charge in [0.05, 0.1) is 12.2 Å². The van der Waals surface area contributed by atoms with Crippen LogP contribution in [0, 0.1) is 34.3 Å². The normalized spacial score (nSPS) is 28.3. The number of carbonyl (C=O) groups is 1. The zero-order chi connectivity index (χ0) is 18.0. The van der Waals surface area contributed by atoms with Gasteiger partial charge in [-0.3, -0.25) is 4.79 Å². The molecule has 136 valence electrons. The molecule has 2 unspecified atom stereocenters. The predicted octanol–water partition coefficient (Wildman–Crippen LogP) is 4.26. The molecular weight excluding hydrogens is 324 g/mol. The minimum Gasteiger partial charge on any atom is -0.489 e. The van der Waals surface area contributed by atoms with E-state index in [1.165, 1.54) is 6.07 Å². The highest BCUT2D eigenvalue weighted by Crippen LogP contribution is 2.62. The quantitative estimate of drug-likeness (QED) is 0.813. The third-order valence-corrected chi connectivity index (χ3v) is 6.82. The molecule has 1 aromatic rings. The van der Waals surface area contributed by atoms with E-state index in [4.69, 9.17) is 4.74 Å². The van der Waals surface area contributed by atoms with Crippen molar-refractivity contribution in [2.45, 2.75) is 40.0 Å². The van der Waals surface area contributed by atoms with E-state index in [1.54, 1.807) is 4.90 Å². The average Bonchev–Trinajstić information content (AvgIpc) is 2.91. The third kappa shape index (κ3) is 2.63. The van der Waals surface area contributed by atoms with Gasteiger partial charge in [0.2, 0.25) is 5.82 Å². The first-order chi connectivity index (χ1) is 11.7. The van der Waals surface area contributed by atoms with Gasteiger partial charge in [0.25, 0.3) is 5.91 Å². The van der Waals surface area contributed by atoms with E-state index in [2.05, 4.69) is 20.8 Å². The van der Waals surface area contributed by atoms with E-state index in [1.807, 2.05) is 0 Å². The lowest BCUT2D eigenvalue weighted by Gasteiger charge is -2.38. The van der Waals surface area contributed by atoms with E-state index in [-0.39, 0.29) is 22.6 Å². The van der Waals surface area contributed by atoms with Crippen LogP contribution >= 0.6 is 0 Å². The minimum absolute atomic E-state index is 0.00162. The fraction of sp³-hybridized carbons (Fsp3) is 0.650. The number of hydrogen-bond donors (Lipinski definition) is 0. The first kappa shape index (κ1) is 16.8. The Kier molecular flexibility index (Phi) is 3.64. The Bertz CT molecular complexity index is 713. The van der Waals surface area contributed by atoms with Gasteiger partial charge in [0, 0.05) is 18.5 Å². The van der Waals surface area contributed by atoms with Crippen LogP contribution in [0.25, 0.3) is 0 Å². The number of nitrogens with zero attached hydrogens (tertiary/aromatic N) is 1. The van der Waals surface area contributed by atoms with Crippen molar-refractivity contribution >= 4 is 5.91 Å². The molecule has 2 saturated carbocycles. The fourth-order valence-electron chi connectivity index (χ4n) is 4.48. The number of likely N-dealkylation sites (tertiary alicyclic amines) is 1. The van der Waals surface area contributed by atoms with Crippen LogP contribution in [-0.4, -0.2) is 30.5 Å². The summed E-state index contributed by atoms with van der Waals surface area (Å²) in [5, 5.41) is 0. The Hall–Kier alpha value is -1.65. The molecule has 1 aromatic carbocycles. The summed E-state index contributed by atoms with van der Waals surface area (Å²) >= 11 is 0. The molecule has 25 heavy (non-hydrogen) atoms. The summed E-state index contributed by atoms with van der Waals surface area (Å²) < 4.78 is 33.7. The number of carbonyl (C=O) groups excluding carboxylic acids is 1. The van der Waals surface area contributed by atoms with Crippen molar-refractivity contribution in [3.05, 3.63) is 29.3 Å². The molecule has 1 heterocycles. The van der Waals surface area contributed by atoms with Gasteiger partial charge in [-0.25, -0.2) is 4.39 Å². The fourth-order valence-corrected chi connectivity index (χ4v) is 4.48. The van der Waals surface area contributed by atoms with E-state index in [9.17, 15) is 13.6 Å². The molecule has 1 amide bonds. The molecule has 0 bridgehead atoms. The smallest absolute Gasteiger partial charge is 0.257 e. The van der Waals surface area contributed by atoms with Gasteiger partial charge < -0.3 is 9.64 Å². The average molecular weight is 349 g/mol. The summed E-state index contributed by atoms with van der Waals surface area (Å²) in [5.41, 5.74) is 0.433. The zero-order valence-electron chi connectivity index (χ0n) is 15.1. The number of fused-ring (bicyclic) bond motifs is 1. The number of rotatable bonds is 4.